The lowest BCUT2D eigenvalue weighted by Crippen LogP contribution is -2.30. The van der Waals surface area contributed by atoms with Crippen LogP contribution in [-0.4, -0.2) is 66.5 Å². The minimum atomic E-state index is -0.410. The number of imide groups is 1. The summed E-state index contributed by atoms with van der Waals surface area (Å²) in [5, 5.41) is 28.9. The maximum atomic E-state index is 13.0. The van der Waals surface area contributed by atoms with E-state index in [4.69, 9.17) is 30.5 Å². The van der Waals surface area contributed by atoms with Crippen LogP contribution >= 0.6 is 11.6 Å². The SMILES string of the molecule is [C-]#[N+]c1cc(-c2cnn(C)c2)ccc1-c1c(-c2ccc3c(=O)[nH]nc(CN)c3c2)cnn1C.[C-]#[N+]c1cc(Cl)ccc1-c1c(-c2ccc3c(=O)[nH]nc(CN4C(=O)c5ccccc5C4=O)c3c2)cnn1C. The first-order valence-electron chi connectivity index (χ1n) is 21.8. The van der Waals surface area contributed by atoms with Gasteiger partial charge in [-0.3, -0.25) is 38.1 Å². The van der Waals surface area contributed by atoms with Crippen molar-refractivity contribution >= 4 is 56.3 Å². The van der Waals surface area contributed by atoms with E-state index < -0.39 is 17.4 Å². The molecule has 0 atom stereocenters. The molecule has 4 N–H and O–H groups in total. The van der Waals surface area contributed by atoms with Gasteiger partial charge in [-0.1, -0.05) is 54.1 Å². The number of amides is 2. The molecule has 11 rings (SSSR count). The highest BCUT2D eigenvalue weighted by molar-refractivity contribution is 6.31. The number of hydrogen-bond acceptors (Lipinski definition) is 10. The first-order valence-corrected chi connectivity index (χ1v) is 22.2. The fourth-order valence-corrected chi connectivity index (χ4v) is 9.06. The molecule has 1 aliphatic heterocycles. The summed E-state index contributed by atoms with van der Waals surface area (Å²) in [5.41, 5.74) is 15.7. The molecule has 0 bridgehead atoms. The first-order chi connectivity index (χ1) is 34.4. The molecule has 19 heteroatoms. The average Bonchev–Trinajstić information content (AvgIpc) is 4.17. The Morgan fingerprint density at radius 3 is 1.62 bits per heavy atom. The molecule has 10 aromatic rings. The van der Waals surface area contributed by atoms with E-state index in [1.807, 2.05) is 50.6 Å². The van der Waals surface area contributed by atoms with Gasteiger partial charge in [0.25, 0.3) is 22.9 Å². The molecule has 346 valence electrons. The fourth-order valence-electron chi connectivity index (χ4n) is 8.89. The van der Waals surface area contributed by atoms with Gasteiger partial charge in [0.1, 0.15) is 0 Å². The number of aromatic amines is 2. The van der Waals surface area contributed by atoms with E-state index in [9.17, 15) is 19.2 Å². The van der Waals surface area contributed by atoms with Crippen LogP contribution in [0.4, 0.5) is 11.4 Å². The molecule has 6 heterocycles. The molecule has 5 aromatic carbocycles. The molecule has 0 saturated heterocycles. The zero-order valence-electron chi connectivity index (χ0n) is 38.0. The van der Waals surface area contributed by atoms with E-state index in [-0.39, 0.29) is 18.6 Å². The largest absolute Gasteiger partial charge is 0.325 e. The molecule has 0 saturated carbocycles. The van der Waals surface area contributed by atoms with Gasteiger partial charge in [-0.25, -0.2) is 19.9 Å². The van der Waals surface area contributed by atoms with Gasteiger partial charge in [0.05, 0.1) is 83.0 Å². The van der Waals surface area contributed by atoms with Crippen LogP contribution in [0.15, 0.2) is 131 Å². The van der Waals surface area contributed by atoms with Crippen LogP contribution in [0.2, 0.25) is 5.02 Å². The maximum absolute atomic E-state index is 13.0. The Balaban J connectivity index is 0.000000166. The Kier molecular flexibility index (Phi) is 11.5. The average molecular weight is 957 g/mol. The minimum absolute atomic E-state index is 0.109. The highest BCUT2D eigenvalue weighted by Gasteiger charge is 2.36. The van der Waals surface area contributed by atoms with E-state index in [0.29, 0.717) is 71.7 Å². The van der Waals surface area contributed by atoms with Crippen LogP contribution in [0.3, 0.4) is 0 Å². The van der Waals surface area contributed by atoms with Gasteiger partial charge in [0.15, 0.2) is 11.4 Å². The Hall–Kier alpha value is -9.62. The number of halogens is 1. The third-order valence-corrected chi connectivity index (χ3v) is 12.6. The molecule has 0 radical (unpaired) electrons. The van der Waals surface area contributed by atoms with Crippen molar-refractivity contribution in [2.24, 2.45) is 26.9 Å². The number of H-pyrrole nitrogens is 2. The lowest BCUT2D eigenvalue weighted by Gasteiger charge is -2.15. The maximum Gasteiger partial charge on any atom is 0.272 e. The van der Waals surface area contributed by atoms with E-state index in [0.717, 1.165) is 49.5 Å². The van der Waals surface area contributed by atoms with Crippen LogP contribution in [0, 0.1) is 13.1 Å². The second-order valence-electron chi connectivity index (χ2n) is 16.5. The Bertz CT molecular complexity index is 4020. The van der Waals surface area contributed by atoms with Crippen LogP contribution in [0.25, 0.3) is 87.1 Å². The quantitative estimate of drug-likeness (QED) is 0.0976. The summed E-state index contributed by atoms with van der Waals surface area (Å²) < 4.78 is 5.16. The molecule has 71 heavy (non-hydrogen) atoms. The van der Waals surface area contributed by atoms with Gasteiger partial charge >= 0.3 is 0 Å². The number of nitrogens with two attached hydrogens (primary N) is 1. The number of nitrogens with zero attached hydrogens (tertiary/aromatic N) is 11. The van der Waals surface area contributed by atoms with Gasteiger partial charge in [-0.15, -0.1) is 0 Å². The molecule has 0 aliphatic carbocycles. The fraction of sp³-hybridized carbons (Fsp3) is 0.0962. The highest BCUT2D eigenvalue weighted by atomic mass is 35.5. The third kappa shape index (κ3) is 8.00. The van der Waals surface area contributed by atoms with Gasteiger partial charge in [-0.05, 0) is 71.3 Å². The Labute approximate surface area is 407 Å². The molecule has 0 unspecified atom stereocenters. The highest BCUT2D eigenvalue weighted by Crippen LogP contribution is 2.41. The topological polar surface area (TPSA) is 217 Å². The molecular formula is C52H37ClN14O4. The monoisotopic (exact) mass is 956 g/mol. The van der Waals surface area contributed by atoms with E-state index >= 15 is 0 Å². The van der Waals surface area contributed by atoms with Crippen molar-refractivity contribution in [2.75, 3.05) is 0 Å². The van der Waals surface area contributed by atoms with Crippen molar-refractivity contribution in [3.8, 4) is 55.9 Å². The Morgan fingerprint density at radius 1 is 0.563 bits per heavy atom. The van der Waals surface area contributed by atoms with Crippen molar-refractivity contribution in [3.05, 3.63) is 193 Å². The lowest BCUT2D eigenvalue weighted by atomic mass is 9.96. The number of nitrogens with one attached hydrogen (secondary N) is 2. The van der Waals surface area contributed by atoms with E-state index in [2.05, 4.69) is 45.4 Å². The normalized spacial score (nSPS) is 12.0. The van der Waals surface area contributed by atoms with Crippen molar-refractivity contribution in [1.82, 2.24) is 54.6 Å². The van der Waals surface area contributed by atoms with Gasteiger partial charge in [0.2, 0.25) is 0 Å². The number of aromatic nitrogens is 10. The lowest BCUT2D eigenvalue weighted by molar-refractivity contribution is 0.0640. The standard InChI is InChI=1S/C28H17ClN6O3.C24H20N8O/c1-30-23-12-16(29)8-10-20(23)25-22(13-31-34(25)2)15-7-9-17-21(11-15)24(32-33-26(17)36)14-35-27(37)18-5-3-4-6-19(18)28(35)38;1-26-21-9-14(16-11-27-31(2)13-16)4-7-18(21)23-20(12-28-32(23)3)15-5-6-17-19(8-15)22(10-25)29-30-24(17)33/h3-13H,14H2,2H3,(H,33,36);4-9,11-13H,10,25H2,2-3H3,(H,30,33). The number of carbonyl (C=O) groups excluding carboxylic acids is 2. The number of aryl methyl sites for hydroxylation is 3. The summed E-state index contributed by atoms with van der Waals surface area (Å²) in [6.45, 7) is 15.5. The summed E-state index contributed by atoms with van der Waals surface area (Å²) in [6.07, 6.45) is 7.14. The van der Waals surface area contributed by atoms with Crippen LogP contribution in [0.5, 0.6) is 0 Å². The van der Waals surface area contributed by atoms with E-state index in [1.165, 1.54) is 0 Å². The minimum Gasteiger partial charge on any atom is -0.325 e. The first kappa shape index (κ1) is 45.2. The van der Waals surface area contributed by atoms with Crippen molar-refractivity contribution in [3.63, 3.8) is 0 Å². The molecule has 0 fully saturated rings. The second kappa shape index (κ2) is 18.1. The molecule has 5 aromatic heterocycles. The van der Waals surface area contributed by atoms with Gasteiger partial charge < -0.3 is 5.73 Å². The molecule has 0 spiro atoms. The number of rotatable bonds is 8. The summed E-state index contributed by atoms with van der Waals surface area (Å²) >= 11 is 6.11. The third-order valence-electron chi connectivity index (χ3n) is 12.4. The predicted molar refractivity (Wildman–Crippen MR) is 268 cm³/mol. The van der Waals surface area contributed by atoms with Crippen LogP contribution in [0.1, 0.15) is 32.1 Å². The zero-order valence-corrected chi connectivity index (χ0v) is 38.7. The smallest absolute Gasteiger partial charge is 0.272 e. The zero-order chi connectivity index (χ0) is 49.7. The molecule has 1 aliphatic rings. The molecule has 18 nitrogen and oxygen atoms in total. The van der Waals surface area contributed by atoms with Gasteiger partial charge in [0, 0.05) is 77.5 Å². The number of hydrogen-bond donors (Lipinski definition) is 3. The number of fused-ring (bicyclic) bond motifs is 3. The van der Waals surface area contributed by atoms with Gasteiger partial charge in [-0.2, -0.15) is 25.5 Å². The molecular weight excluding hydrogens is 920 g/mol. The number of carbonyl (C=O) groups is 2. The van der Waals surface area contributed by atoms with Crippen LogP contribution in [-0.2, 0) is 34.2 Å². The van der Waals surface area contributed by atoms with Crippen LogP contribution < -0.4 is 16.9 Å². The van der Waals surface area contributed by atoms with Crippen molar-refractivity contribution < 1.29 is 9.59 Å². The number of benzene rings is 5. The predicted octanol–water partition coefficient (Wildman–Crippen LogP) is 8.39. The Morgan fingerprint density at radius 2 is 1.08 bits per heavy atom. The molecule has 2 amide bonds. The summed E-state index contributed by atoms with van der Waals surface area (Å²) in [6, 6.07) is 28.3. The summed E-state index contributed by atoms with van der Waals surface area (Å²) in [7, 11) is 5.49. The second-order valence-corrected chi connectivity index (χ2v) is 17.0. The van der Waals surface area contributed by atoms with E-state index in [1.54, 1.807) is 106 Å². The summed E-state index contributed by atoms with van der Waals surface area (Å²) in [4.78, 5) is 59.3. The van der Waals surface area contributed by atoms with Crippen molar-refractivity contribution in [1.29, 1.82) is 0 Å². The van der Waals surface area contributed by atoms with Crippen molar-refractivity contribution in [2.45, 2.75) is 13.1 Å². The summed E-state index contributed by atoms with van der Waals surface area (Å²) in [5.74, 6) is -0.821.